The van der Waals surface area contributed by atoms with Crippen LogP contribution in [0.5, 0.6) is 23.0 Å². The van der Waals surface area contributed by atoms with Gasteiger partial charge >= 0.3 is 5.97 Å². The smallest absolute Gasteiger partial charge is 0.311 e. The van der Waals surface area contributed by atoms with Crippen molar-refractivity contribution in [2.45, 2.75) is 32.6 Å². The van der Waals surface area contributed by atoms with Crippen LogP contribution in [-0.4, -0.2) is 21.3 Å². The minimum absolute atomic E-state index is 0.0159. The van der Waals surface area contributed by atoms with Crippen LogP contribution in [0, 0.1) is 5.92 Å². The van der Waals surface area contributed by atoms with E-state index >= 15 is 0 Å². The van der Waals surface area contributed by atoms with Gasteiger partial charge in [0.2, 0.25) is 0 Å². The Morgan fingerprint density at radius 3 is 2.48 bits per heavy atom. The molecule has 1 atom stereocenters. The zero-order chi connectivity index (χ0) is 20.9. The van der Waals surface area contributed by atoms with Gasteiger partial charge in [-0.2, -0.15) is 0 Å². The highest BCUT2D eigenvalue weighted by Gasteiger charge is 2.32. The number of carbonyl (C=O) groups is 1. The fraction of sp³-hybridized carbons (Fsp3) is 0.273. The number of phenolic OH excluding ortho intramolecular Hbond substituents is 3. The van der Waals surface area contributed by atoms with E-state index in [1.165, 1.54) is 30.3 Å². The molecule has 7 heteroatoms. The molecular weight excluding hydrogens is 376 g/mol. The van der Waals surface area contributed by atoms with Crippen LogP contribution in [0.3, 0.4) is 0 Å². The molecule has 29 heavy (non-hydrogen) atoms. The largest absolute Gasteiger partial charge is 0.507 e. The van der Waals surface area contributed by atoms with Gasteiger partial charge in [-0.1, -0.05) is 13.8 Å². The van der Waals surface area contributed by atoms with Crippen molar-refractivity contribution in [1.29, 1.82) is 0 Å². The second kappa shape index (κ2) is 6.84. The Bertz CT molecular complexity index is 1190. The molecule has 0 saturated carbocycles. The van der Waals surface area contributed by atoms with Gasteiger partial charge in [0, 0.05) is 29.2 Å². The van der Waals surface area contributed by atoms with Crippen LogP contribution < -0.4 is 10.2 Å². The predicted octanol–water partition coefficient (Wildman–Crippen LogP) is 4.02. The first-order valence-corrected chi connectivity index (χ1v) is 9.31. The first-order chi connectivity index (χ1) is 13.7. The van der Waals surface area contributed by atoms with E-state index in [0.29, 0.717) is 17.5 Å². The number of esters is 1. The number of aromatic hydroxyl groups is 3. The van der Waals surface area contributed by atoms with E-state index in [1.807, 2.05) is 13.8 Å². The third-order valence-corrected chi connectivity index (χ3v) is 5.04. The number of hydrogen-bond donors (Lipinski definition) is 3. The second-order valence-corrected chi connectivity index (χ2v) is 7.69. The van der Waals surface area contributed by atoms with Crippen LogP contribution in [0.2, 0.25) is 0 Å². The van der Waals surface area contributed by atoms with Gasteiger partial charge in [0.1, 0.15) is 28.2 Å². The average Bonchev–Trinajstić information content (AvgIpc) is 2.62. The molecule has 0 aliphatic carbocycles. The number of phenols is 3. The summed E-state index contributed by atoms with van der Waals surface area (Å²) in [5.74, 6) is -0.968. The van der Waals surface area contributed by atoms with Crippen molar-refractivity contribution >= 4 is 16.9 Å². The molecule has 1 unspecified atom stereocenters. The molecule has 1 aliphatic rings. The lowest BCUT2D eigenvalue weighted by molar-refractivity contribution is -0.136. The number of rotatable bonds is 3. The van der Waals surface area contributed by atoms with E-state index in [2.05, 4.69) is 0 Å². The van der Waals surface area contributed by atoms with E-state index in [0.717, 1.165) is 0 Å². The molecule has 3 N–H and O–H groups in total. The number of carbonyl (C=O) groups excluding carboxylic acids is 1. The first kappa shape index (κ1) is 18.9. The highest BCUT2D eigenvalue weighted by Crippen LogP contribution is 2.45. The zero-order valence-electron chi connectivity index (χ0n) is 15.9. The van der Waals surface area contributed by atoms with Crippen LogP contribution >= 0.6 is 0 Å². The fourth-order valence-electron chi connectivity index (χ4n) is 3.84. The summed E-state index contributed by atoms with van der Waals surface area (Å²) >= 11 is 0. The summed E-state index contributed by atoms with van der Waals surface area (Å²) in [4.78, 5) is 24.8. The number of ether oxygens (including phenoxy) is 1. The molecule has 0 saturated heterocycles. The van der Waals surface area contributed by atoms with E-state index in [4.69, 9.17) is 9.15 Å². The van der Waals surface area contributed by atoms with Gasteiger partial charge in [0.15, 0.2) is 16.9 Å². The minimum Gasteiger partial charge on any atom is -0.507 e. The Kier molecular flexibility index (Phi) is 4.45. The van der Waals surface area contributed by atoms with Crippen molar-refractivity contribution in [3.63, 3.8) is 0 Å². The summed E-state index contributed by atoms with van der Waals surface area (Å²) in [7, 11) is 0. The van der Waals surface area contributed by atoms with Crippen LogP contribution in [0.15, 0.2) is 39.5 Å². The molecule has 2 heterocycles. The Morgan fingerprint density at radius 1 is 1.03 bits per heavy atom. The van der Waals surface area contributed by atoms with Crippen molar-refractivity contribution < 1.29 is 29.3 Å². The van der Waals surface area contributed by atoms with E-state index in [-0.39, 0.29) is 58.0 Å². The van der Waals surface area contributed by atoms with Crippen molar-refractivity contribution in [2.24, 2.45) is 5.92 Å². The Morgan fingerprint density at radius 2 is 1.79 bits per heavy atom. The fourth-order valence-corrected chi connectivity index (χ4v) is 3.84. The van der Waals surface area contributed by atoms with Gasteiger partial charge < -0.3 is 24.5 Å². The number of benzene rings is 2. The molecular formula is C22H20O7. The van der Waals surface area contributed by atoms with E-state index in [9.17, 15) is 24.9 Å². The maximum absolute atomic E-state index is 12.8. The van der Waals surface area contributed by atoms with Gasteiger partial charge in [0.05, 0.1) is 6.42 Å². The van der Waals surface area contributed by atoms with Crippen LogP contribution in [0.25, 0.3) is 22.3 Å². The normalized spacial score (nSPS) is 16.1. The topological polar surface area (TPSA) is 117 Å². The van der Waals surface area contributed by atoms with Crippen molar-refractivity contribution in [1.82, 2.24) is 0 Å². The standard InChI is InChI=1S/C22H20O7/c1-10(2)5-12-7-19(27)28-18-9-16(26)21-15(25)8-17(29-22(21)20(12)18)11-3-4-13(23)14(24)6-11/h3-4,6,8-10,12,23-24,26H,5,7H2,1-2H3. The second-order valence-electron chi connectivity index (χ2n) is 7.69. The maximum atomic E-state index is 12.8. The summed E-state index contributed by atoms with van der Waals surface area (Å²) in [6.45, 7) is 4.06. The number of fused-ring (bicyclic) bond motifs is 3. The van der Waals surface area contributed by atoms with Crippen molar-refractivity contribution in [3.05, 3.63) is 46.1 Å². The van der Waals surface area contributed by atoms with E-state index < -0.39 is 11.4 Å². The summed E-state index contributed by atoms with van der Waals surface area (Å²) in [5, 5.41) is 29.7. The summed E-state index contributed by atoms with van der Waals surface area (Å²) in [6, 6.07) is 6.56. The van der Waals surface area contributed by atoms with Gasteiger partial charge in [-0.15, -0.1) is 0 Å². The molecule has 0 spiro atoms. The summed E-state index contributed by atoms with van der Waals surface area (Å²) < 4.78 is 11.3. The summed E-state index contributed by atoms with van der Waals surface area (Å²) in [5.41, 5.74) is 0.653. The quantitative estimate of drug-likeness (QED) is 0.348. The third-order valence-electron chi connectivity index (χ3n) is 5.04. The molecule has 0 radical (unpaired) electrons. The minimum atomic E-state index is -0.464. The Labute approximate surface area is 165 Å². The molecule has 1 aromatic heterocycles. The van der Waals surface area contributed by atoms with Gasteiger partial charge in [-0.3, -0.25) is 9.59 Å². The Balaban J connectivity index is 2.01. The van der Waals surface area contributed by atoms with Gasteiger partial charge in [0.25, 0.3) is 0 Å². The summed E-state index contributed by atoms with van der Waals surface area (Å²) in [6.07, 6.45) is 0.828. The third kappa shape index (κ3) is 3.29. The van der Waals surface area contributed by atoms with Crippen LogP contribution in [0.1, 0.15) is 38.2 Å². The van der Waals surface area contributed by atoms with Crippen molar-refractivity contribution in [3.8, 4) is 34.3 Å². The lowest BCUT2D eigenvalue weighted by atomic mass is 9.84. The van der Waals surface area contributed by atoms with Gasteiger partial charge in [-0.05, 0) is 30.5 Å². The molecule has 2 aromatic carbocycles. The average molecular weight is 396 g/mol. The highest BCUT2D eigenvalue weighted by atomic mass is 16.5. The lowest BCUT2D eigenvalue weighted by Gasteiger charge is -2.26. The first-order valence-electron chi connectivity index (χ1n) is 9.31. The molecule has 4 rings (SSSR count). The van der Waals surface area contributed by atoms with Crippen LogP contribution in [-0.2, 0) is 4.79 Å². The molecule has 0 amide bonds. The van der Waals surface area contributed by atoms with Gasteiger partial charge in [-0.25, -0.2) is 0 Å². The van der Waals surface area contributed by atoms with Crippen molar-refractivity contribution in [2.75, 3.05) is 0 Å². The highest BCUT2D eigenvalue weighted by molar-refractivity contribution is 5.92. The maximum Gasteiger partial charge on any atom is 0.311 e. The molecule has 3 aromatic rings. The molecule has 7 nitrogen and oxygen atoms in total. The molecule has 1 aliphatic heterocycles. The Hall–Kier alpha value is -3.48. The molecule has 150 valence electrons. The van der Waals surface area contributed by atoms with E-state index in [1.54, 1.807) is 0 Å². The van der Waals surface area contributed by atoms with Crippen LogP contribution in [0.4, 0.5) is 0 Å². The zero-order valence-corrected chi connectivity index (χ0v) is 15.9. The predicted molar refractivity (Wildman–Crippen MR) is 105 cm³/mol. The lowest BCUT2D eigenvalue weighted by Crippen LogP contribution is -2.22. The molecule has 0 bridgehead atoms. The number of hydrogen-bond acceptors (Lipinski definition) is 7. The molecule has 0 fully saturated rings. The SMILES string of the molecule is CC(C)CC1CC(=O)Oc2cc(O)c3c(=O)cc(-c4ccc(O)c(O)c4)oc3c21. The monoisotopic (exact) mass is 396 g/mol.